The average Bonchev–Trinajstić information content (AvgIpc) is 3.16. The first-order chi connectivity index (χ1) is 9.93. The van der Waals surface area contributed by atoms with E-state index in [1.807, 2.05) is 30.6 Å². The van der Waals surface area contributed by atoms with Gasteiger partial charge in [-0.25, -0.2) is 4.98 Å². The molecule has 0 spiro atoms. The summed E-state index contributed by atoms with van der Waals surface area (Å²) in [7, 11) is 0. The molecule has 4 nitrogen and oxygen atoms in total. The van der Waals surface area contributed by atoms with Crippen LogP contribution in [0.1, 0.15) is 25.7 Å². The lowest BCUT2D eigenvalue weighted by atomic mass is 10.3. The van der Waals surface area contributed by atoms with Crippen molar-refractivity contribution < 1.29 is 4.74 Å². The number of nitrogens with one attached hydrogen (secondary N) is 1. The van der Waals surface area contributed by atoms with Gasteiger partial charge in [0, 0.05) is 24.6 Å². The minimum Gasteiger partial charge on any atom is -0.376 e. The molecule has 1 aromatic carbocycles. The SMILES string of the molecule is c1ccc(-n2ccnc2NCCOC2CCCC2)cc1. The third kappa shape index (κ3) is 3.20. The van der Waals surface area contributed by atoms with Gasteiger partial charge < -0.3 is 10.1 Å². The number of aromatic nitrogens is 2. The van der Waals surface area contributed by atoms with Crippen LogP contribution in [-0.2, 0) is 4.74 Å². The van der Waals surface area contributed by atoms with Gasteiger partial charge in [0.05, 0.1) is 12.7 Å². The normalized spacial score (nSPS) is 15.6. The van der Waals surface area contributed by atoms with Crippen LogP contribution in [0, 0.1) is 0 Å². The van der Waals surface area contributed by atoms with E-state index < -0.39 is 0 Å². The quantitative estimate of drug-likeness (QED) is 0.820. The van der Waals surface area contributed by atoms with Crippen molar-refractivity contribution in [1.82, 2.24) is 9.55 Å². The van der Waals surface area contributed by atoms with E-state index in [9.17, 15) is 0 Å². The summed E-state index contributed by atoms with van der Waals surface area (Å²) < 4.78 is 7.90. The second-order valence-electron chi connectivity index (χ2n) is 5.16. The molecule has 1 aliphatic rings. The maximum Gasteiger partial charge on any atom is 0.207 e. The molecule has 0 saturated heterocycles. The zero-order valence-corrected chi connectivity index (χ0v) is 11.7. The van der Waals surface area contributed by atoms with E-state index in [4.69, 9.17) is 4.74 Å². The van der Waals surface area contributed by atoms with Gasteiger partial charge in [-0.1, -0.05) is 31.0 Å². The van der Waals surface area contributed by atoms with E-state index in [2.05, 4.69) is 27.0 Å². The molecule has 1 heterocycles. The number of nitrogens with zero attached hydrogens (tertiary/aromatic N) is 2. The minimum atomic E-state index is 0.477. The Kier molecular flexibility index (Phi) is 4.33. The number of hydrogen-bond donors (Lipinski definition) is 1. The van der Waals surface area contributed by atoms with Gasteiger partial charge in [-0.3, -0.25) is 4.57 Å². The molecule has 1 aromatic heterocycles. The smallest absolute Gasteiger partial charge is 0.207 e. The molecular formula is C16H21N3O. The van der Waals surface area contributed by atoms with Crippen molar-refractivity contribution in [3.05, 3.63) is 42.7 Å². The van der Waals surface area contributed by atoms with Crippen molar-refractivity contribution in [3.8, 4) is 5.69 Å². The van der Waals surface area contributed by atoms with Crippen LogP contribution in [0.3, 0.4) is 0 Å². The fourth-order valence-corrected chi connectivity index (χ4v) is 2.67. The number of hydrogen-bond acceptors (Lipinski definition) is 3. The standard InChI is InChI=1S/C16H21N3O/c1-2-6-14(7-3-1)19-12-10-17-16(19)18-11-13-20-15-8-4-5-9-15/h1-3,6-7,10,12,15H,4-5,8-9,11,13H2,(H,17,18). The van der Waals surface area contributed by atoms with Crippen molar-refractivity contribution in [2.24, 2.45) is 0 Å². The summed E-state index contributed by atoms with van der Waals surface area (Å²) >= 11 is 0. The van der Waals surface area contributed by atoms with Crippen molar-refractivity contribution in [2.75, 3.05) is 18.5 Å². The molecular weight excluding hydrogens is 250 g/mol. The Bertz CT molecular complexity index is 518. The highest BCUT2D eigenvalue weighted by atomic mass is 16.5. The van der Waals surface area contributed by atoms with Crippen LogP contribution in [-0.4, -0.2) is 28.8 Å². The number of anilines is 1. The molecule has 1 aliphatic carbocycles. The molecule has 2 aromatic rings. The maximum atomic E-state index is 5.85. The Labute approximate surface area is 119 Å². The summed E-state index contributed by atoms with van der Waals surface area (Å²) in [5, 5.41) is 3.34. The molecule has 106 valence electrons. The fraction of sp³-hybridized carbons (Fsp3) is 0.438. The highest BCUT2D eigenvalue weighted by molar-refractivity contribution is 5.41. The monoisotopic (exact) mass is 271 g/mol. The van der Waals surface area contributed by atoms with Crippen LogP contribution in [0.5, 0.6) is 0 Å². The maximum absolute atomic E-state index is 5.85. The number of para-hydroxylation sites is 1. The highest BCUT2D eigenvalue weighted by Gasteiger charge is 2.14. The van der Waals surface area contributed by atoms with Gasteiger partial charge in [0.1, 0.15) is 0 Å². The molecule has 0 atom stereocenters. The van der Waals surface area contributed by atoms with Crippen molar-refractivity contribution in [2.45, 2.75) is 31.8 Å². The summed E-state index contributed by atoms with van der Waals surface area (Å²) in [5.41, 5.74) is 1.12. The first-order valence-electron chi connectivity index (χ1n) is 7.38. The average molecular weight is 271 g/mol. The molecule has 1 fully saturated rings. The van der Waals surface area contributed by atoms with Crippen LogP contribution in [0.2, 0.25) is 0 Å². The van der Waals surface area contributed by atoms with Gasteiger partial charge in [0.15, 0.2) is 0 Å². The van der Waals surface area contributed by atoms with E-state index in [0.717, 1.165) is 24.8 Å². The van der Waals surface area contributed by atoms with Crippen LogP contribution in [0.25, 0.3) is 5.69 Å². The van der Waals surface area contributed by atoms with Crippen LogP contribution in [0.4, 0.5) is 5.95 Å². The summed E-state index contributed by atoms with van der Waals surface area (Å²) in [4.78, 5) is 4.36. The second-order valence-corrected chi connectivity index (χ2v) is 5.16. The zero-order chi connectivity index (χ0) is 13.6. The van der Waals surface area contributed by atoms with E-state index in [0.29, 0.717) is 6.10 Å². The first-order valence-corrected chi connectivity index (χ1v) is 7.38. The lowest BCUT2D eigenvalue weighted by Gasteiger charge is -2.13. The van der Waals surface area contributed by atoms with E-state index in [1.165, 1.54) is 25.7 Å². The molecule has 0 amide bonds. The third-order valence-corrected chi connectivity index (χ3v) is 3.72. The third-order valence-electron chi connectivity index (χ3n) is 3.72. The zero-order valence-electron chi connectivity index (χ0n) is 11.7. The predicted octanol–water partition coefficient (Wildman–Crippen LogP) is 3.24. The molecule has 0 unspecified atom stereocenters. The Morgan fingerprint density at radius 1 is 1.20 bits per heavy atom. The fourth-order valence-electron chi connectivity index (χ4n) is 2.67. The van der Waals surface area contributed by atoms with E-state index >= 15 is 0 Å². The van der Waals surface area contributed by atoms with Gasteiger partial charge in [-0.15, -0.1) is 0 Å². The summed E-state index contributed by atoms with van der Waals surface area (Å²) in [6, 6.07) is 10.2. The van der Waals surface area contributed by atoms with Gasteiger partial charge >= 0.3 is 0 Å². The molecule has 0 bridgehead atoms. The van der Waals surface area contributed by atoms with Crippen LogP contribution in [0.15, 0.2) is 42.7 Å². The number of rotatable bonds is 6. The Morgan fingerprint density at radius 3 is 2.80 bits per heavy atom. The van der Waals surface area contributed by atoms with E-state index in [1.54, 1.807) is 0 Å². The van der Waals surface area contributed by atoms with Gasteiger partial charge in [0.2, 0.25) is 5.95 Å². The Morgan fingerprint density at radius 2 is 2.00 bits per heavy atom. The number of imidazole rings is 1. The van der Waals surface area contributed by atoms with Crippen LogP contribution >= 0.6 is 0 Å². The highest BCUT2D eigenvalue weighted by Crippen LogP contribution is 2.20. The van der Waals surface area contributed by atoms with Gasteiger partial charge in [-0.2, -0.15) is 0 Å². The van der Waals surface area contributed by atoms with E-state index in [-0.39, 0.29) is 0 Å². The van der Waals surface area contributed by atoms with Gasteiger partial charge in [-0.05, 0) is 25.0 Å². The number of benzene rings is 1. The Hall–Kier alpha value is -1.81. The summed E-state index contributed by atoms with van der Waals surface area (Å²) in [5.74, 6) is 0.867. The molecule has 1 N–H and O–H groups in total. The topological polar surface area (TPSA) is 39.1 Å². The van der Waals surface area contributed by atoms with Gasteiger partial charge in [0.25, 0.3) is 0 Å². The van der Waals surface area contributed by atoms with Crippen molar-refractivity contribution >= 4 is 5.95 Å². The lowest BCUT2D eigenvalue weighted by molar-refractivity contribution is 0.0658. The lowest BCUT2D eigenvalue weighted by Crippen LogP contribution is -2.17. The van der Waals surface area contributed by atoms with Crippen molar-refractivity contribution in [3.63, 3.8) is 0 Å². The molecule has 0 radical (unpaired) electrons. The molecule has 0 aliphatic heterocycles. The Balaban J connectivity index is 1.52. The van der Waals surface area contributed by atoms with Crippen LogP contribution < -0.4 is 5.32 Å². The predicted molar refractivity (Wildman–Crippen MR) is 80.3 cm³/mol. The number of ether oxygens (including phenoxy) is 1. The largest absolute Gasteiger partial charge is 0.376 e. The molecule has 1 saturated carbocycles. The second kappa shape index (κ2) is 6.57. The molecule has 4 heteroatoms. The minimum absolute atomic E-state index is 0.477. The molecule has 3 rings (SSSR count). The first kappa shape index (κ1) is 13.2. The van der Waals surface area contributed by atoms with Crippen molar-refractivity contribution in [1.29, 1.82) is 0 Å². The summed E-state index contributed by atoms with van der Waals surface area (Å²) in [6.07, 6.45) is 9.33. The summed E-state index contributed by atoms with van der Waals surface area (Å²) in [6.45, 7) is 1.53. The molecule has 20 heavy (non-hydrogen) atoms.